The first-order valence-corrected chi connectivity index (χ1v) is 15.0. The molecule has 1 aromatic heterocycles. The lowest BCUT2D eigenvalue weighted by molar-refractivity contribution is -0.134. The van der Waals surface area contributed by atoms with Crippen LogP contribution in [0.4, 0.5) is 4.39 Å². The first-order valence-electron chi connectivity index (χ1n) is 15.0. The standard InChI is InChI=1S/C28H26FN3O2.2C4H4O4/c29-24-13-11-23(12-14-24)28(33)26-19-25(34-30-26)20-31-15-17-32(18-16-31)27(21-7-3-1-4-8-21)22-9-5-2-6-10-22;2*5-3(6)1-2-4(7)8/h1-14,19,27H,15-18,20H2;2*1-2H,(H,5,6)(H,7,8)/b;2*2-1-. The highest BCUT2D eigenvalue weighted by molar-refractivity contribution is 6.07. The summed E-state index contributed by atoms with van der Waals surface area (Å²) in [5.41, 5.74) is 3.22. The minimum Gasteiger partial charge on any atom is -0.478 e. The van der Waals surface area contributed by atoms with Crippen LogP contribution in [0.5, 0.6) is 0 Å². The summed E-state index contributed by atoms with van der Waals surface area (Å²) in [6.07, 6.45) is 2.23. The number of carbonyl (C=O) groups excluding carboxylic acids is 1. The summed E-state index contributed by atoms with van der Waals surface area (Å²) in [5.74, 6) is -5.02. The van der Waals surface area contributed by atoms with Crippen LogP contribution < -0.4 is 0 Å². The first-order chi connectivity index (χ1) is 23.9. The van der Waals surface area contributed by atoms with Gasteiger partial charge in [-0.15, -0.1) is 0 Å². The molecule has 1 saturated heterocycles. The molecule has 5 rings (SSSR count). The monoisotopic (exact) mass is 687 g/mol. The second-order valence-electron chi connectivity index (χ2n) is 10.6. The molecule has 0 aliphatic carbocycles. The van der Waals surface area contributed by atoms with Crippen molar-refractivity contribution in [1.29, 1.82) is 0 Å². The molecule has 1 aliphatic rings. The maximum atomic E-state index is 13.1. The van der Waals surface area contributed by atoms with Crippen molar-refractivity contribution < 1.29 is 53.3 Å². The largest absolute Gasteiger partial charge is 0.478 e. The molecule has 0 atom stereocenters. The molecule has 14 heteroatoms. The Labute approximate surface area is 285 Å². The van der Waals surface area contributed by atoms with Crippen LogP contribution >= 0.6 is 0 Å². The summed E-state index contributed by atoms with van der Waals surface area (Å²) in [4.78, 5) is 55.6. The average molecular weight is 688 g/mol. The second-order valence-corrected chi connectivity index (χ2v) is 10.6. The minimum atomic E-state index is -1.26. The van der Waals surface area contributed by atoms with Gasteiger partial charge in [0.15, 0.2) is 11.5 Å². The van der Waals surface area contributed by atoms with E-state index in [9.17, 15) is 28.4 Å². The van der Waals surface area contributed by atoms with Crippen LogP contribution in [0.2, 0.25) is 0 Å². The predicted octanol–water partition coefficient (Wildman–Crippen LogP) is 4.38. The fraction of sp³-hybridized carbons (Fsp3) is 0.167. The van der Waals surface area contributed by atoms with E-state index in [-0.39, 0.29) is 23.3 Å². The Morgan fingerprint density at radius 3 is 1.54 bits per heavy atom. The zero-order valence-corrected chi connectivity index (χ0v) is 26.5. The molecule has 4 N–H and O–H groups in total. The van der Waals surface area contributed by atoms with Gasteiger partial charge in [0.05, 0.1) is 12.6 Å². The number of halogens is 1. The topological polar surface area (TPSA) is 199 Å². The molecular weight excluding hydrogens is 653 g/mol. The van der Waals surface area contributed by atoms with Crippen molar-refractivity contribution in [2.75, 3.05) is 26.2 Å². The fourth-order valence-electron chi connectivity index (χ4n) is 4.81. The van der Waals surface area contributed by atoms with Gasteiger partial charge in [-0.25, -0.2) is 23.6 Å². The smallest absolute Gasteiger partial charge is 0.328 e. The summed E-state index contributed by atoms with van der Waals surface area (Å²) >= 11 is 0. The molecule has 50 heavy (non-hydrogen) atoms. The second kappa shape index (κ2) is 19.5. The lowest BCUT2D eigenvalue weighted by atomic mass is 9.96. The number of benzene rings is 3. The van der Waals surface area contributed by atoms with E-state index in [0.717, 1.165) is 26.2 Å². The lowest BCUT2D eigenvalue weighted by Crippen LogP contribution is -2.47. The number of piperazine rings is 1. The van der Waals surface area contributed by atoms with E-state index in [4.69, 9.17) is 24.9 Å². The van der Waals surface area contributed by atoms with Crippen LogP contribution in [0.1, 0.15) is 39.0 Å². The van der Waals surface area contributed by atoms with Crippen LogP contribution in [0, 0.1) is 5.82 Å². The number of nitrogens with zero attached hydrogens (tertiary/aromatic N) is 3. The summed E-state index contributed by atoms with van der Waals surface area (Å²) in [7, 11) is 0. The zero-order chi connectivity index (χ0) is 36.5. The molecule has 2 heterocycles. The van der Waals surface area contributed by atoms with Crippen molar-refractivity contribution in [2.45, 2.75) is 12.6 Å². The highest BCUT2D eigenvalue weighted by atomic mass is 19.1. The Hall–Kier alpha value is -6.25. The Morgan fingerprint density at radius 2 is 1.12 bits per heavy atom. The van der Waals surface area contributed by atoms with Gasteiger partial charge in [0.1, 0.15) is 5.82 Å². The quantitative estimate of drug-likeness (QED) is 0.128. The molecule has 1 fully saturated rings. The van der Waals surface area contributed by atoms with Crippen molar-refractivity contribution in [3.8, 4) is 0 Å². The maximum Gasteiger partial charge on any atom is 0.328 e. The van der Waals surface area contributed by atoms with Gasteiger partial charge in [-0.2, -0.15) is 0 Å². The molecule has 1 aliphatic heterocycles. The number of rotatable bonds is 11. The number of ketones is 1. The highest BCUT2D eigenvalue weighted by Gasteiger charge is 2.27. The third-order valence-corrected chi connectivity index (χ3v) is 7.02. The van der Waals surface area contributed by atoms with Crippen molar-refractivity contribution >= 4 is 29.7 Å². The third-order valence-electron chi connectivity index (χ3n) is 7.02. The van der Waals surface area contributed by atoms with Crippen LogP contribution in [0.3, 0.4) is 0 Å². The van der Waals surface area contributed by atoms with E-state index >= 15 is 0 Å². The van der Waals surface area contributed by atoms with Gasteiger partial charge in [0.25, 0.3) is 0 Å². The molecule has 0 unspecified atom stereocenters. The summed E-state index contributed by atoms with van der Waals surface area (Å²) in [5, 5.41) is 35.2. The molecule has 0 radical (unpaired) electrons. The molecule has 260 valence electrons. The number of aromatic nitrogens is 1. The van der Waals surface area contributed by atoms with Crippen LogP contribution in [-0.2, 0) is 25.7 Å². The molecule has 0 spiro atoms. The van der Waals surface area contributed by atoms with Crippen LogP contribution in [0.25, 0.3) is 0 Å². The minimum absolute atomic E-state index is 0.217. The molecule has 0 bridgehead atoms. The number of carbonyl (C=O) groups is 5. The number of hydrogen-bond acceptors (Lipinski definition) is 9. The maximum absolute atomic E-state index is 13.1. The Bertz CT molecular complexity index is 1680. The van der Waals surface area contributed by atoms with Gasteiger partial charge in [0.2, 0.25) is 5.78 Å². The number of carboxylic acid groups (broad SMARTS) is 4. The van der Waals surface area contributed by atoms with Gasteiger partial charge in [-0.1, -0.05) is 65.8 Å². The van der Waals surface area contributed by atoms with E-state index in [1.54, 1.807) is 6.07 Å². The van der Waals surface area contributed by atoms with E-state index in [0.29, 0.717) is 42.2 Å². The molecule has 0 amide bonds. The van der Waals surface area contributed by atoms with Crippen LogP contribution in [-0.4, -0.2) is 91.2 Å². The van der Waals surface area contributed by atoms with Gasteiger partial charge in [-0.05, 0) is 35.4 Å². The third kappa shape index (κ3) is 13.1. The van der Waals surface area contributed by atoms with Crippen molar-refractivity contribution in [3.63, 3.8) is 0 Å². The average Bonchev–Trinajstić information content (AvgIpc) is 3.57. The van der Waals surface area contributed by atoms with Crippen molar-refractivity contribution in [3.05, 3.63) is 149 Å². The Kier molecular flexibility index (Phi) is 14.9. The fourth-order valence-corrected chi connectivity index (χ4v) is 4.81. The Morgan fingerprint density at radius 1 is 0.680 bits per heavy atom. The molecule has 4 aromatic rings. The first kappa shape index (κ1) is 38.2. The van der Waals surface area contributed by atoms with E-state index < -0.39 is 23.9 Å². The van der Waals surface area contributed by atoms with E-state index in [2.05, 4.69) is 75.6 Å². The number of hydrogen-bond donors (Lipinski definition) is 4. The molecule has 13 nitrogen and oxygen atoms in total. The van der Waals surface area contributed by atoms with E-state index in [1.165, 1.54) is 35.4 Å². The number of carboxylic acids is 4. The van der Waals surface area contributed by atoms with Gasteiger partial charge in [-0.3, -0.25) is 14.6 Å². The lowest BCUT2D eigenvalue weighted by Gasteiger charge is -2.39. The SMILES string of the molecule is O=C(O)/C=C\C(=O)O.O=C(O)/C=C\C(=O)O.O=C(c1ccc(F)cc1)c1cc(CN2CCN(C(c3ccccc3)c3ccccc3)CC2)on1. The summed E-state index contributed by atoms with van der Waals surface area (Å²) in [6.45, 7) is 4.21. The Balaban J connectivity index is 0.000000352. The molecular formula is C36H34FN3O10. The normalized spacial score (nSPS) is 13.2. The van der Waals surface area contributed by atoms with Crippen molar-refractivity contribution in [2.24, 2.45) is 0 Å². The molecule has 3 aromatic carbocycles. The highest BCUT2D eigenvalue weighted by Crippen LogP contribution is 2.29. The zero-order valence-electron chi connectivity index (χ0n) is 26.5. The summed E-state index contributed by atoms with van der Waals surface area (Å²) < 4.78 is 18.6. The predicted molar refractivity (Wildman–Crippen MR) is 177 cm³/mol. The molecule has 0 saturated carbocycles. The van der Waals surface area contributed by atoms with Crippen molar-refractivity contribution in [1.82, 2.24) is 15.0 Å². The number of aliphatic carboxylic acids is 4. The van der Waals surface area contributed by atoms with Gasteiger partial charge >= 0.3 is 23.9 Å². The van der Waals surface area contributed by atoms with E-state index in [1.807, 2.05) is 0 Å². The summed E-state index contributed by atoms with van der Waals surface area (Å²) in [6, 6.07) is 28.6. The van der Waals surface area contributed by atoms with Gasteiger partial charge in [0, 0.05) is 62.1 Å². The van der Waals surface area contributed by atoms with Crippen LogP contribution in [0.15, 0.2) is 120 Å². The van der Waals surface area contributed by atoms with Gasteiger partial charge < -0.3 is 24.9 Å².